The van der Waals surface area contributed by atoms with Gasteiger partial charge in [0.1, 0.15) is 5.82 Å². The highest BCUT2D eigenvalue weighted by Crippen LogP contribution is 2.24. The zero-order valence-electron chi connectivity index (χ0n) is 12.4. The largest absolute Gasteiger partial charge is 0.401 e. The highest BCUT2D eigenvalue weighted by Gasteiger charge is 2.11. The van der Waals surface area contributed by atoms with Gasteiger partial charge >= 0.3 is 0 Å². The maximum absolute atomic E-state index is 13.9. The first-order valence-corrected chi connectivity index (χ1v) is 7.08. The Balaban J connectivity index is 1.99. The summed E-state index contributed by atoms with van der Waals surface area (Å²) in [6.45, 7) is 3.87. The SMILES string of the molecule is Cc1ccc(C(C)C/C(N)=C/Nc2ccccc2)c(F)c1. The number of hydrogen-bond acceptors (Lipinski definition) is 2. The van der Waals surface area contributed by atoms with Gasteiger partial charge in [-0.25, -0.2) is 4.39 Å². The van der Waals surface area contributed by atoms with Crippen LogP contribution in [0, 0.1) is 12.7 Å². The van der Waals surface area contributed by atoms with Crippen molar-refractivity contribution in [1.29, 1.82) is 0 Å². The molecule has 0 heterocycles. The Morgan fingerprint density at radius 1 is 1.24 bits per heavy atom. The summed E-state index contributed by atoms with van der Waals surface area (Å²) < 4.78 is 13.9. The second-order valence-corrected chi connectivity index (χ2v) is 5.36. The van der Waals surface area contributed by atoms with Crippen LogP contribution in [0.15, 0.2) is 60.4 Å². The number of rotatable bonds is 5. The molecule has 3 heteroatoms. The summed E-state index contributed by atoms with van der Waals surface area (Å²) in [6, 6.07) is 15.1. The summed E-state index contributed by atoms with van der Waals surface area (Å²) >= 11 is 0. The second kappa shape index (κ2) is 6.93. The van der Waals surface area contributed by atoms with Gasteiger partial charge in [-0.3, -0.25) is 0 Å². The minimum atomic E-state index is -0.161. The van der Waals surface area contributed by atoms with E-state index in [9.17, 15) is 4.39 Å². The van der Waals surface area contributed by atoms with Gasteiger partial charge in [-0.2, -0.15) is 0 Å². The van der Waals surface area contributed by atoms with Crippen molar-refractivity contribution in [2.45, 2.75) is 26.2 Å². The molecular formula is C18H21FN2. The van der Waals surface area contributed by atoms with E-state index >= 15 is 0 Å². The minimum absolute atomic E-state index is 0.0411. The molecule has 0 aliphatic carbocycles. The van der Waals surface area contributed by atoms with Crippen LogP contribution < -0.4 is 11.1 Å². The van der Waals surface area contributed by atoms with Crippen molar-refractivity contribution in [3.05, 3.63) is 77.4 Å². The van der Waals surface area contributed by atoms with Crippen molar-refractivity contribution in [3.63, 3.8) is 0 Å². The molecule has 0 aliphatic rings. The lowest BCUT2D eigenvalue weighted by Gasteiger charge is -2.14. The Hall–Kier alpha value is -2.29. The highest BCUT2D eigenvalue weighted by atomic mass is 19.1. The fourth-order valence-electron chi connectivity index (χ4n) is 2.26. The van der Waals surface area contributed by atoms with Crippen molar-refractivity contribution >= 4 is 5.69 Å². The van der Waals surface area contributed by atoms with Gasteiger partial charge in [-0.15, -0.1) is 0 Å². The van der Waals surface area contributed by atoms with Crippen LogP contribution in [0.4, 0.5) is 10.1 Å². The number of para-hydroxylation sites is 1. The molecule has 1 unspecified atom stereocenters. The molecule has 2 aromatic carbocycles. The van der Waals surface area contributed by atoms with Gasteiger partial charge in [-0.05, 0) is 48.6 Å². The van der Waals surface area contributed by atoms with Crippen LogP contribution >= 0.6 is 0 Å². The van der Waals surface area contributed by atoms with E-state index < -0.39 is 0 Å². The third-order valence-corrected chi connectivity index (χ3v) is 3.43. The zero-order chi connectivity index (χ0) is 15.2. The molecular weight excluding hydrogens is 263 g/mol. The average molecular weight is 284 g/mol. The van der Waals surface area contributed by atoms with Crippen molar-refractivity contribution in [3.8, 4) is 0 Å². The van der Waals surface area contributed by atoms with E-state index in [1.54, 1.807) is 12.3 Å². The van der Waals surface area contributed by atoms with Gasteiger partial charge in [0, 0.05) is 17.6 Å². The molecule has 2 rings (SSSR count). The normalized spacial score (nSPS) is 13.0. The first-order chi connectivity index (χ1) is 10.1. The summed E-state index contributed by atoms with van der Waals surface area (Å²) in [7, 11) is 0. The van der Waals surface area contributed by atoms with Gasteiger partial charge in [0.15, 0.2) is 0 Å². The van der Waals surface area contributed by atoms with E-state index in [-0.39, 0.29) is 11.7 Å². The summed E-state index contributed by atoms with van der Waals surface area (Å²) in [5.74, 6) is -0.120. The first kappa shape index (κ1) is 15.1. The topological polar surface area (TPSA) is 38.0 Å². The monoisotopic (exact) mass is 284 g/mol. The molecule has 2 nitrogen and oxygen atoms in total. The molecule has 0 saturated carbocycles. The van der Waals surface area contributed by atoms with Gasteiger partial charge in [0.05, 0.1) is 0 Å². The quantitative estimate of drug-likeness (QED) is 0.846. The van der Waals surface area contributed by atoms with Crippen molar-refractivity contribution < 1.29 is 4.39 Å². The third-order valence-electron chi connectivity index (χ3n) is 3.43. The van der Waals surface area contributed by atoms with E-state index in [0.717, 1.165) is 11.3 Å². The molecule has 2 aromatic rings. The fraction of sp³-hybridized carbons (Fsp3) is 0.222. The Kier molecular flexibility index (Phi) is 4.99. The second-order valence-electron chi connectivity index (χ2n) is 5.36. The van der Waals surface area contributed by atoms with Crippen LogP contribution in [0.5, 0.6) is 0 Å². The molecule has 0 amide bonds. The Bertz CT molecular complexity index is 620. The number of nitrogens with one attached hydrogen (secondary N) is 1. The molecule has 0 aromatic heterocycles. The van der Waals surface area contributed by atoms with Gasteiger partial charge in [-0.1, -0.05) is 37.3 Å². The number of allylic oxidation sites excluding steroid dienone is 1. The first-order valence-electron chi connectivity index (χ1n) is 7.08. The number of benzene rings is 2. The number of halogens is 1. The third kappa shape index (κ3) is 4.35. The number of hydrogen-bond donors (Lipinski definition) is 2. The van der Waals surface area contributed by atoms with E-state index in [0.29, 0.717) is 17.7 Å². The molecule has 0 saturated heterocycles. The Labute approximate surface area is 125 Å². The van der Waals surface area contributed by atoms with E-state index in [1.165, 1.54) is 0 Å². The standard InChI is InChI=1S/C18H21FN2/c1-13-8-9-17(18(19)10-13)14(2)11-15(20)12-21-16-6-4-3-5-7-16/h3-10,12,14,21H,11,20H2,1-2H3/b15-12-. The van der Waals surface area contributed by atoms with Crippen molar-refractivity contribution in [2.75, 3.05) is 5.32 Å². The van der Waals surface area contributed by atoms with Crippen LogP contribution in [0.3, 0.4) is 0 Å². The van der Waals surface area contributed by atoms with Crippen molar-refractivity contribution in [1.82, 2.24) is 0 Å². The predicted molar refractivity (Wildman–Crippen MR) is 86.5 cm³/mol. The lowest BCUT2D eigenvalue weighted by atomic mass is 9.95. The summed E-state index contributed by atoms with van der Waals surface area (Å²) in [6.07, 6.45) is 2.39. The average Bonchev–Trinajstić information content (AvgIpc) is 2.46. The smallest absolute Gasteiger partial charge is 0.126 e. The summed E-state index contributed by atoms with van der Waals surface area (Å²) in [5.41, 5.74) is 9.33. The van der Waals surface area contributed by atoms with Crippen LogP contribution in [0.25, 0.3) is 0 Å². The maximum Gasteiger partial charge on any atom is 0.126 e. The minimum Gasteiger partial charge on any atom is -0.401 e. The van der Waals surface area contributed by atoms with Gasteiger partial charge in [0.2, 0.25) is 0 Å². The van der Waals surface area contributed by atoms with Crippen molar-refractivity contribution in [2.24, 2.45) is 5.73 Å². The summed E-state index contributed by atoms with van der Waals surface area (Å²) in [5, 5.41) is 3.14. The van der Waals surface area contributed by atoms with Crippen LogP contribution in [0.1, 0.15) is 30.4 Å². The molecule has 3 N–H and O–H groups in total. The number of nitrogens with two attached hydrogens (primary N) is 1. The maximum atomic E-state index is 13.9. The molecule has 0 spiro atoms. The Morgan fingerprint density at radius 2 is 1.95 bits per heavy atom. The molecule has 21 heavy (non-hydrogen) atoms. The molecule has 0 radical (unpaired) electrons. The predicted octanol–water partition coefficient (Wildman–Crippen LogP) is 4.54. The number of anilines is 1. The van der Waals surface area contributed by atoms with E-state index in [4.69, 9.17) is 5.73 Å². The van der Waals surface area contributed by atoms with E-state index in [1.807, 2.05) is 56.3 Å². The molecule has 1 atom stereocenters. The molecule has 0 aliphatic heterocycles. The molecule has 110 valence electrons. The van der Waals surface area contributed by atoms with Crippen LogP contribution in [-0.4, -0.2) is 0 Å². The lowest BCUT2D eigenvalue weighted by Crippen LogP contribution is -2.07. The van der Waals surface area contributed by atoms with Crippen LogP contribution in [-0.2, 0) is 0 Å². The van der Waals surface area contributed by atoms with Gasteiger partial charge in [0.25, 0.3) is 0 Å². The highest BCUT2D eigenvalue weighted by molar-refractivity contribution is 5.45. The van der Waals surface area contributed by atoms with Gasteiger partial charge < -0.3 is 11.1 Å². The summed E-state index contributed by atoms with van der Waals surface area (Å²) in [4.78, 5) is 0. The van der Waals surface area contributed by atoms with Crippen LogP contribution in [0.2, 0.25) is 0 Å². The zero-order valence-corrected chi connectivity index (χ0v) is 12.4. The lowest BCUT2D eigenvalue weighted by molar-refractivity contribution is 0.585. The molecule has 0 fully saturated rings. The number of aryl methyl sites for hydroxylation is 1. The fourth-order valence-corrected chi connectivity index (χ4v) is 2.26. The Morgan fingerprint density at radius 3 is 2.62 bits per heavy atom. The van der Waals surface area contributed by atoms with E-state index in [2.05, 4.69) is 5.32 Å². The molecule has 0 bridgehead atoms.